The Labute approximate surface area is 39.8 Å². The molecule has 7 heavy (non-hydrogen) atoms. The minimum Gasteiger partial charge on any atom is -0.317 e. The van der Waals surface area contributed by atoms with E-state index in [0.29, 0.717) is 5.88 Å². The Morgan fingerprint density at radius 1 is 1.86 bits per heavy atom. The van der Waals surface area contributed by atoms with Crippen molar-refractivity contribution >= 4 is 12.6 Å². The molecule has 36 valence electrons. The molecular weight excluding hydrogens is 94.1 g/mol. The lowest BCUT2D eigenvalue weighted by Crippen LogP contribution is -1.53. The van der Waals surface area contributed by atoms with E-state index in [2.05, 4.69) is 26.6 Å². The van der Waals surface area contributed by atoms with E-state index < -0.39 is 0 Å². The SMILES string of the molecule is C=Nc1cnno1. The smallest absolute Gasteiger partial charge is 0.270 e. The average molecular weight is 97.1 g/mol. The molecule has 0 aliphatic rings. The zero-order valence-electron chi connectivity index (χ0n) is 3.53. The predicted octanol–water partition coefficient (Wildman–Crippen LogP) is 0.402. The molecule has 0 spiro atoms. The summed E-state index contributed by atoms with van der Waals surface area (Å²) in [4.78, 5) is 3.39. The van der Waals surface area contributed by atoms with E-state index in [-0.39, 0.29) is 0 Å². The van der Waals surface area contributed by atoms with E-state index in [1.165, 1.54) is 6.20 Å². The molecule has 0 aliphatic heterocycles. The molecule has 0 bridgehead atoms. The van der Waals surface area contributed by atoms with Crippen LogP contribution in [0, 0.1) is 0 Å². The van der Waals surface area contributed by atoms with Crippen molar-refractivity contribution in [2.75, 3.05) is 0 Å². The van der Waals surface area contributed by atoms with Crippen molar-refractivity contribution in [3.05, 3.63) is 6.20 Å². The summed E-state index contributed by atoms with van der Waals surface area (Å²) in [7, 11) is 0. The lowest BCUT2D eigenvalue weighted by atomic mass is 10.8. The molecule has 0 N–H and O–H groups in total. The maximum atomic E-state index is 4.39. The molecule has 0 amide bonds. The third-order valence-electron chi connectivity index (χ3n) is 0.506. The summed E-state index contributed by atoms with van der Waals surface area (Å²) in [6, 6.07) is 0. The van der Waals surface area contributed by atoms with Gasteiger partial charge < -0.3 is 4.52 Å². The first-order valence-electron chi connectivity index (χ1n) is 1.67. The number of hydrogen-bond acceptors (Lipinski definition) is 4. The van der Waals surface area contributed by atoms with Crippen molar-refractivity contribution in [3.8, 4) is 0 Å². The van der Waals surface area contributed by atoms with Crippen LogP contribution in [0.4, 0.5) is 5.88 Å². The van der Waals surface area contributed by atoms with Gasteiger partial charge in [0.25, 0.3) is 5.88 Å². The lowest BCUT2D eigenvalue weighted by Gasteiger charge is -1.67. The van der Waals surface area contributed by atoms with Crippen LogP contribution in [-0.2, 0) is 0 Å². The molecule has 1 heterocycles. The number of hydrogen-bond donors (Lipinski definition) is 0. The average Bonchev–Trinajstić information content (AvgIpc) is 2.14. The largest absolute Gasteiger partial charge is 0.317 e. The Morgan fingerprint density at radius 2 is 2.71 bits per heavy atom. The van der Waals surface area contributed by atoms with Crippen molar-refractivity contribution in [1.82, 2.24) is 10.4 Å². The molecule has 4 heteroatoms. The minimum atomic E-state index is 0.347. The summed E-state index contributed by atoms with van der Waals surface area (Å²) in [5.74, 6) is 0.347. The zero-order chi connectivity index (χ0) is 5.11. The van der Waals surface area contributed by atoms with Crippen molar-refractivity contribution in [2.24, 2.45) is 4.99 Å². The van der Waals surface area contributed by atoms with Gasteiger partial charge in [-0.05, 0) is 6.72 Å². The lowest BCUT2D eigenvalue weighted by molar-refractivity contribution is 0.402. The van der Waals surface area contributed by atoms with Crippen molar-refractivity contribution in [2.45, 2.75) is 0 Å². The van der Waals surface area contributed by atoms with Gasteiger partial charge >= 0.3 is 0 Å². The molecule has 0 radical (unpaired) electrons. The van der Waals surface area contributed by atoms with Crippen molar-refractivity contribution < 1.29 is 4.52 Å². The van der Waals surface area contributed by atoms with Gasteiger partial charge in [-0.3, -0.25) is 0 Å². The summed E-state index contributed by atoms with van der Waals surface area (Å²) in [6.45, 7) is 3.18. The fraction of sp³-hybridized carbons (Fsp3) is 0. The van der Waals surface area contributed by atoms with Crippen LogP contribution in [0.5, 0.6) is 0 Å². The molecule has 0 aliphatic carbocycles. The van der Waals surface area contributed by atoms with Crippen molar-refractivity contribution in [1.29, 1.82) is 0 Å². The second-order valence-corrected chi connectivity index (χ2v) is 0.914. The fourth-order valence-corrected chi connectivity index (χ4v) is 0.232. The first kappa shape index (κ1) is 3.98. The van der Waals surface area contributed by atoms with E-state index in [1.54, 1.807) is 0 Å². The van der Waals surface area contributed by atoms with Gasteiger partial charge in [0, 0.05) is 5.27 Å². The Kier molecular flexibility index (Phi) is 0.856. The molecule has 0 saturated heterocycles. The Morgan fingerprint density at radius 3 is 3.00 bits per heavy atom. The summed E-state index contributed by atoms with van der Waals surface area (Å²) < 4.78 is 4.39. The summed E-state index contributed by atoms with van der Waals surface area (Å²) >= 11 is 0. The van der Waals surface area contributed by atoms with E-state index >= 15 is 0 Å². The molecule has 0 atom stereocenters. The number of rotatable bonds is 1. The topological polar surface area (TPSA) is 51.3 Å². The van der Waals surface area contributed by atoms with Gasteiger partial charge in [-0.15, -0.1) is 5.10 Å². The first-order valence-corrected chi connectivity index (χ1v) is 1.67. The normalized spacial score (nSPS) is 8.57. The van der Waals surface area contributed by atoms with Gasteiger partial charge in [0.2, 0.25) is 0 Å². The van der Waals surface area contributed by atoms with Gasteiger partial charge in [-0.25, -0.2) is 4.99 Å². The molecule has 0 aromatic carbocycles. The Bertz CT molecular complexity index is 145. The quantitative estimate of drug-likeness (QED) is 0.476. The van der Waals surface area contributed by atoms with Crippen LogP contribution in [0.3, 0.4) is 0 Å². The van der Waals surface area contributed by atoms with Gasteiger partial charge in [-0.1, -0.05) is 0 Å². The third kappa shape index (κ3) is 0.623. The monoisotopic (exact) mass is 97.0 g/mol. The standard InChI is InChI=1S/C3H3N3O/c1-4-3-2-5-6-7-3/h2H,1H2. The summed E-state index contributed by atoms with van der Waals surface area (Å²) in [5.41, 5.74) is 0. The van der Waals surface area contributed by atoms with Gasteiger partial charge in [0.1, 0.15) is 6.20 Å². The van der Waals surface area contributed by atoms with Gasteiger partial charge in [-0.2, -0.15) is 0 Å². The molecule has 1 aromatic heterocycles. The van der Waals surface area contributed by atoms with Crippen LogP contribution in [0.2, 0.25) is 0 Å². The minimum absolute atomic E-state index is 0.347. The second-order valence-electron chi connectivity index (χ2n) is 0.914. The number of aromatic nitrogens is 2. The molecule has 0 fully saturated rings. The number of nitrogens with zero attached hydrogens (tertiary/aromatic N) is 3. The van der Waals surface area contributed by atoms with Gasteiger partial charge in [0.05, 0.1) is 0 Å². The highest BCUT2D eigenvalue weighted by molar-refractivity contribution is 5.34. The molecule has 4 nitrogen and oxygen atoms in total. The van der Waals surface area contributed by atoms with Crippen LogP contribution < -0.4 is 0 Å². The van der Waals surface area contributed by atoms with E-state index in [9.17, 15) is 0 Å². The molecule has 1 rings (SSSR count). The van der Waals surface area contributed by atoms with Crippen LogP contribution in [0.15, 0.2) is 15.7 Å². The van der Waals surface area contributed by atoms with Crippen LogP contribution in [0.25, 0.3) is 0 Å². The van der Waals surface area contributed by atoms with Crippen LogP contribution in [-0.4, -0.2) is 17.1 Å². The second kappa shape index (κ2) is 1.51. The highest BCUT2D eigenvalue weighted by atomic mass is 16.5. The molecule has 0 unspecified atom stereocenters. The van der Waals surface area contributed by atoms with Crippen LogP contribution >= 0.6 is 0 Å². The van der Waals surface area contributed by atoms with Crippen molar-refractivity contribution in [3.63, 3.8) is 0 Å². The predicted molar refractivity (Wildman–Crippen MR) is 23.5 cm³/mol. The Balaban J connectivity index is 2.96. The van der Waals surface area contributed by atoms with E-state index in [1.807, 2.05) is 0 Å². The summed E-state index contributed by atoms with van der Waals surface area (Å²) in [5, 5.41) is 6.48. The van der Waals surface area contributed by atoms with Crippen LogP contribution in [0.1, 0.15) is 0 Å². The third-order valence-corrected chi connectivity index (χ3v) is 0.506. The summed E-state index contributed by atoms with van der Waals surface area (Å²) in [6.07, 6.45) is 1.38. The maximum Gasteiger partial charge on any atom is 0.270 e. The Hall–Kier alpha value is -1.19. The molecule has 1 aromatic rings. The highest BCUT2D eigenvalue weighted by Crippen LogP contribution is 2.02. The highest BCUT2D eigenvalue weighted by Gasteiger charge is 1.85. The number of aliphatic imine (C=N–C) groups is 1. The zero-order valence-corrected chi connectivity index (χ0v) is 3.53. The first-order chi connectivity index (χ1) is 3.43. The maximum absolute atomic E-state index is 4.39. The van der Waals surface area contributed by atoms with E-state index in [0.717, 1.165) is 0 Å². The molecule has 0 saturated carbocycles. The van der Waals surface area contributed by atoms with Gasteiger partial charge in [0.15, 0.2) is 0 Å². The van der Waals surface area contributed by atoms with E-state index in [4.69, 9.17) is 0 Å². The fourth-order valence-electron chi connectivity index (χ4n) is 0.232. The molecular formula is C3H3N3O.